The van der Waals surface area contributed by atoms with Crippen LogP contribution in [0.5, 0.6) is 0 Å². The van der Waals surface area contributed by atoms with Crippen LogP contribution in [0.1, 0.15) is 23.6 Å². The van der Waals surface area contributed by atoms with Gasteiger partial charge in [0.25, 0.3) is 0 Å². The number of rotatable bonds is 3. The lowest BCUT2D eigenvalue weighted by molar-refractivity contribution is 0.624. The molecule has 0 bridgehead atoms. The van der Waals surface area contributed by atoms with Crippen molar-refractivity contribution in [2.45, 2.75) is 12.5 Å². The molecule has 2 nitrogen and oxygen atoms in total. The van der Waals surface area contributed by atoms with Crippen LogP contribution in [0, 0.1) is 5.82 Å². The Morgan fingerprint density at radius 2 is 1.46 bits per heavy atom. The van der Waals surface area contributed by atoms with E-state index in [0.29, 0.717) is 22.0 Å². The molecule has 1 aliphatic heterocycles. The van der Waals surface area contributed by atoms with Crippen LogP contribution >= 0.6 is 23.2 Å². The summed E-state index contributed by atoms with van der Waals surface area (Å²) < 4.78 is 14.3. The van der Waals surface area contributed by atoms with Gasteiger partial charge < -0.3 is 0 Å². The summed E-state index contributed by atoms with van der Waals surface area (Å²) in [4.78, 5) is 0. The van der Waals surface area contributed by atoms with Gasteiger partial charge in [-0.05, 0) is 48.0 Å². The number of benzene rings is 3. The van der Waals surface area contributed by atoms with E-state index in [2.05, 4.69) is 0 Å². The molecule has 1 unspecified atom stereocenters. The summed E-state index contributed by atoms with van der Waals surface area (Å²) in [5.74, 6) is -0.265. The highest BCUT2D eigenvalue weighted by Gasteiger charge is 2.30. The fourth-order valence-electron chi connectivity index (χ4n) is 3.14. The Kier molecular flexibility index (Phi) is 4.66. The largest absolute Gasteiger partial charge is 0.257 e. The van der Waals surface area contributed by atoms with Crippen molar-refractivity contribution < 1.29 is 4.39 Å². The molecule has 0 amide bonds. The van der Waals surface area contributed by atoms with Gasteiger partial charge in [0.1, 0.15) is 5.82 Å². The first-order valence-electron chi connectivity index (χ1n) is 8.24. The van der Waals surface area contributed by atoms with Crippen LogP contribution < -0.4 is 5.01 Å². The van der Waals surface area contributed by atoms with Gasteiger partial charge in [0.05, 0.1) is 17.4 Å². The first-order chi connectivity index (χ1) is 12.6. The molecular weight excluding hydrogens is 370 g/mol. The molecule has 0 aliphatic carbocycles. The maximum absolute atomic E-state index is 14.3. The zero-order valence-electron chi connectivity index (χ0n) is 13.7. The molecule has 3 aromatic rings. The lowest BCUT2D eigenvalue weighted by atomic mass is 9.98. The SMILES string of the molecule is Fc1ccccc1C1=NN(c2ccc(Cl)cc2)C(c2ccc(Cl)cc2)C1. The highest BCUT2D eigenvalue weighted by molar-refractivity contribution is 6.30. The van der Waals surface area contributed by atoms with E-state index in [4.69, 9.17) is 28.3 Å². The van der Waals surface area contributed by atoms with Gasteiger partial charge in [-0.25, -0.2) is 4.39 Å². The Labute approximate surface area is 161 Å². The molecule has 1 heterocycles. The maximum atomic E-state index is 14.3. The van der Waals surface area contributed by atoms with E-state index in [0.717, 1.165) is 17.0 Å². The van der Waals surface area contributed by atoms with Crippen LogP contribution in [-0.2, 0) is 0 Å². The molecule has 0 N–H and O–H groups in total. The minimum atomic E-state index is -0.265. The van der Waals surface area contributed by atoms with Gasteiger partial charge >= 0.3 is 0 Å². The van der Waals surface area contributed by atoms with Gasteiger partial charge in [0.15, 0.2) is 0 Å². The van der Waals surface area contributed by atoms with Gasteiger partial charge in [0, 0.05) is 22.0 Å². The van der Waals surface area contributed by atoms with Crippen molar-refractivity contribution in [3.05, 3.63) is 99.8 Å². The third-order valence-corrected chi connectivity index (χ3v) is 4.95. The van der Waals surface area contributed by atoms with Crippen LogP contribution in [0.25, 0.3) is 0 Å². The maximum Gasteiger partial charge on any atom is 0.132 e. The second-order valence-electron chi connectivity index (χ2n) is 6.12. The molecule has 5 heteroatoms. The van der Waals surface area contributed by atoms with E-state index < -0.39 is 0 Å². The minimum absolute atomic E-state index is 0.0388. The Bertz CT molecular complexity index is 953. The molecule has 0 aromatic heterocycles. The molecule has 1 aliphatic rings. The monoisotopic (exact) mass is 384 g/mol. The normalized spacial score (nSPS) is 16.7. The molecule has 0 saturated carbocycles. The van der Waals surface area contributed by atoms with E-state index in [1.807, 2.05) is 59.6 Å². The minimum Gasteiger partial charge on any atom is -0.257 e. The van der Waals surface area contributed by atoms with Crippen molar-refractivity contribution in [2.75, 3.05) is 5.01 Å². The third kappa shape index (κ3) is 3.33. The fraction of sp³-hybridized carbons (Fsp3) is 0.0952. The molecule has 0 saturated heterocycles. The molecular formula is C21H15Cl2FN2. The molecule has 26 heavy (non-hydrogen) atoms. The number of nitrogens with zero attached hydrogens (tertiary/aromatic N) is 2. The third-order valence-electron chi connectivity index (χ3n) is 4.44. The van der Waals surface area contributed by atoms with E-state index in [1.165, 1.54) is 6.07 Å². The molecule has 3 aromatic carbocycles. The Hall–Kier alpha value is -2.36. The summed E-state index contributed by atoms with van der Waals surface area (Å²) in [6.45, 7) is 0. The molecule has 0 radical (unpaired) electrons. The zero-order chi connectivity index (χ0) is 18.1. The number of halogens is 3. The topological polar surface area (TPSA) is 15.6 Å². The first kappa shape index (κ1) is 17.1. The average molecular weight is 385 g/mol. The Morgan fingerprint density at radius 1 is 0.846 bits per heavy atom. The van der Waals surface area contributed by atoms with Crippen molar-refractivity contribution in [1.29, 1.82) is 0 Å². The summed E-state index contributed by atoms with van der Waals surface area (Å²) >= 11 is 12.0. The van der Waals surface area contributed by atoms with Crippen molar-refractivity contribution in [2.24, 2.45) is 5.10 Å². The van der Waals surface area contributed by atoms with Crippen molar-refractivity contribution in [1.82, 2.24) is 0 Å². The summed E-state index contributed by atoms with van der Waals surface area (Å²) in [5.41, 5.74) is 3.22. The van der Waals surface area contributed by atoms with Crippen molar-refractivity contribution in [3.8, 4) is 0 Å². The quantitative estimate of drug-likeness (QED) is 0.503. The fourth-order valence-corrected chi connectivity index (χ4v) is 3.40. The van der Waals surface area contributed by atoms with Crippen LogP contribution in [0.3, 0.4) is 0 Å². The summed E-state index contributed by atoms with van der Waals surface area (Å²) in [7, 11) is 0. The van der Waals surface area contributed by atoms with Crippen LogP contribution in [0.4, 0.5) is 10.1 Å². The lowest BCUT2D eigenvalue weighted by Crippen LogP contribution is -2.18. The molecule has 0 fully saturated rings. The van der Waals surface area contributed by atoms with Gasteiger partial charge in [-0.2, -0.15) is 5.10 Å². The molecule has 0 spiro atoms. The first-order valence-corrected chi connectivity index (χ1v) is 9.00. The van der Waals surface area contributed by atoms with Crippen molar-refractivity contribution in [3.63, 3.8) is 0 Å². The highest BCUT2D eigenvalue weighted by Crippen LogP contribution is 2.37. The second kappa shape index (κ2) is 7.10. The second-order valence-corrected chi connectivity index (χ2v) is 6.99. The number of hydrogen-bond acceptors (Lipinski definition) is 2. The van der Waals surface area contributed by atoms with E-state index >= 15 is 0 Å². The van der Waals surface area contributed by atoms with E-state index in [1.54, 1.807) is 12.1 Å². The Morgan fingerprint density at radius 3 is 2.12 bits per heavy atom. The average Bonchev–Trinajstić information content (AvgIpc) is 3.08. The smallest absolute Gasteiger partial charge is 0.132 e. The van der Waals surface area contributed by atoms with Crippen molar-refractivity contribution >= 4 is 34.6 Å². The summed E-state index contributed by atoms with van der Waals surface area (Å²) in [5, 5.41) is 7.99. The summed E-state index contributed by atoms with van der Waals surface area (Å²) in [6, 6.07) is 21.9. The van der Waals surface area contributed by atoms with E-state index in [9.17, 15) is 4.39 Å². The highest BCUT2D eigenvalue weighted by atomic mass is 35.5. The zero-order valence-corrected chi connectivity index (χ0v) is 15.3. The number of hydrazone groups is 1. The van der Waals surface area contributed by atoms with Gasteiger partial charge in [-0.15, -0.1) is 0 Å². The lowest BCUT2D eigenvalue weighted by Gasteiger charge is -2.24. The molecule has 1 atom stereocenters. The van der Waals surface area contributed by atoms with Gasteiger partial charge in [-0.3, -0.25) is 5.01 Å². The molecule has 4 rings (SSSR count). The summed E-state index contributed by atoms with van der Waals surface area (Å²) in [6.07, 6.45) is 0.602. The molecule has 130 valence electrons. The number of hydrogen-bond donors (Lipinski definition) is 0. The standard InChI is InChI=1S/C21H15Cl2FN2/c22-15-7-5-14(6-8-15)21-13-20(18-3-1-2-4-19(18)24)25-26(21)17-11-9-16(23)10-12-17/h1-12,21H,13H2. The van der Waals surface area contributed by atoms with Crippen LogP contribution in [0.2, 0.25) is 10.0 Å². The Balaban J connectivity index is 1.77. The predicted octanol–water partition coefficient (Wildman–Crippen LogP) is 6.49. The predicted molar refractivity (Wildman–Crippen MR) is 106 cm³/mol. The van der Waals surface area contributed by atoms with Gasteiger partial charge in [0.2, 0.25) is 0 Å². The van der Waals surface area contributed by atoms with E-state index in [-0.39, 0.29) is 11.9 Å². The number of anilines is 1. The van der Waals surface area contributed by atoms with Crippen LogP contribution in [-0.4, -0.2) is 5.71 Å². The van der Waals surface area contributed by atoms with Crippen LogP contribution in [0.15, 0.2) is 77.9 Å². The van der Waals surface area contributed by atoms with Gasteiger partial charge in [-0.1, -0.05) is 53.5 Å².